The lowest BCUT2D eigenvalue weighted by Crippen LogP contribution is -2.77. The zero-order chi connectivity index (χ0) is 18.8. The molecule has 0 saturated heterocycles. The molecule has 3 N–H and O–H groups in total. The smallest absolute Gasteiger partial charge is 0.330 e. The van der Waals surface area contributed by atoms with Crippen molar-refractivity contribution in [3.8, 4) is 0 Å². The van der Waals surface area contributed by atoms with Gasteiger partial charge < -0.3 is 24.9 Å². The van der Waals surface area contributed by atoms with Gasteiger partial charge in [-0.05, 0) is 19.9 Å². The lowest BCUT2D eigenvalue weighted by Gasteiger charge is -2.58. The van der Waals surface area contributed by atoms with Crippen molar-refractivity contribution in [3.63, 3.8) is 0 Å². The summed E-state index contributed by atoms with van der Waals surface area (Å²) in [7, 11) is 0. The Balaban J connectivity index is 2.06. The van der Waals surface area contributed by atoms with E-state index in [1.165, 1.54) is 25.5 Å². The molecule has 8 heteroatoms. The molecule has 1 fully saturated rings. The molecule has 1 heterocycles. The number of carbonyl (C=O) groups is 3. The Morgan fingerprint density at radius 3 is 2.60 bits per heavy atom. The highest BCUT2D eigenvalue weighted by atomic mass is 16.5. The standard InChI is InChI=1S/C17H24N2O6/c1-5-25-12-8-17(15(22)23,16(12,3)4)19-13(20)10(2)18-14(21)11-6-7-24-9-11/h6-7,9-10,12H,5,8H2,1-4H3,(H,18,21)(H,19,20)(H,22,23). The fourth-order valence-corrected chi connectivity index (χ4v) is 3.09. The predicted octanol–water partition coefficient (Wildman–Crippen LogP) is 1.17. The first-order chi connectivity index (χ1) is 11.7. The Morgan fingerprint density at radius 1 is 1.44 bits per heavy atom. The molecule has 25 heavy (non-hydrogen) atoms. The minimum atomic E-state index is -1.43. The molecule has 2 rings (SSSR count). The average Bonchev–Trinajstić information content (AvgIpc) is 3.07. The second-order valence-corrected chi connectivity index (χ2v) is 6.78. The summed E-state index contributed by atoms with van der Waals surface area (Å²) in [4.78, 5) is 36.3. The number of ether oxygens (including phenoxy) is 1. The third-order valence-corrected chi connectivity index (χ3v) is 4.99. The number of carboxylic acids is 1. The van der Waals surface area contributed by atoms with Crippen LogP contribution in [0.25, 0.3) is 0 Å². The molecule has 0 bridgehead atoms. The van der Waals surface area contributed by atoms with Crippen molar-refractivity contribution in [1.29, 1.82) is 0 Å². The van der Waals surface area contributed by atoms with Crippen LogP contribution in [0.15, 0.2) is 23.0 Å². The highest BCUT2D eigenvalue weighted by Crippen LogP contribution is 2.51. The summed E-state index contributed by atoms with van der Waals surface area (Å²) in [5.41, 5.74) is -1.93. The number of nitrogens with one attached hydrogen (secondary N) is 2. The Kier molecular flexibility index (Phi) is 5.22. The molecule has 0 spiro atoms. The molecule has 0 aliphatic heterocycles. The van der Waals surface area contributed by atoms with E-state index in [9.17, 15) is 19.5 Å². The van der Waals surface area contributed by atoms with Crippen LogP contribution >= 0.6 is 0 Å². The Hall–Kier alpha value is -2.35. The SMILES string of the molecule is CCOC1CC(NC(=O)C(C)NC(=O)c2ccoc2)(C(=O)O)C1(C)C. The van der Waals surface area contributed by atoms with Crippen LogP contribution in [0, 0.1) is 5.41 Å². The molecule has 1 aliphatic rings. The molecule has 1 saturated carbocycles. The van der Waals surface area contributed by atoms with Gasteiger partial charge in [-0.1, -0.05) is 13.8 Å². The minimum absolute atomic E-state index is 0.178. The predicted molar refractivity (Wildman–Crippen MR) is 88.0 cm³/mol. The summed E-state index contributed by atoms with van der Waals surface area (Å²) < 4.78 is 10.4. The van der Waals surface area contributed by atoms with E-state index in [1.807, 2.05) is 6.92 Å². The second-order valence-electron chi connectivity index (χ2n) is 6.78. The van der Waals surface area contributed by atoms with Crippen molar-refractivity contribution < 1.29 is 28.6 Å². The Morgan fingerprint density at radius 2 is 2.12 bits per heavy atom. The molecular weight excluding hydrogens is 328 g/mol. The summed E-state index contributed by atoms with van der Waals surface area (Å²) in [5.74, 6) is -2.15. The van der Waals surface area contributed by atoms with Crippen LogP contribution in [0.4, 0.5) is 0 Å². The highest BCUT2D eigenvalue weighted by Gasteiger charge is 2.66. The Bertz CT molecular complexity index is 654. The van der Waals surface area contributed by atoms with Gasteiger partial charge in [-0.15, -0.1) is 0 Å². The van der Waals surface area contributed by atoms with E-state index in [4.69, 9.17) is 9.15 Å². The third kappa shape index (κ3) is 3.26. The normalized spacial score (nSPS) is 25.5. The number of aliphatic carboxylic acids is 1. The van der Waals surface area contributed by atoms with Crippen molar-refractivity contribution in [1.82, 2.24) is 10.6 Å². The fourth-order valence-electron chi connectivity index (χ4n) is 3.09. The maximum Gasteiger partial charge on any atom is 0.330 e. The van der Waals surface area contributed by atoms with Gasteiger partial charge >= 0.3 is 5.97 Å². The van der Waals surface area contributed by atoms with Crippen LogP contribution in [0.1, 0.15) is 44.5 Å². The van der Waals surface area contributed by atoms with E-state index in [2.05, 4.69) is 10.6 Å². The number of amides is 2. The van der Waals surface area contributed by atoms with Gasteiger partial charge in [-0.2, -0.15) is 0 Å². The van der Waals surface area contributed by atoms with Crippen LogP contribution in [0.3, 0.4) is 0 Å². The van der Waals surface area contributed by atoms with Crippen LogP contribution in [-0.4, -0.2) is 47.2 Å². The molecule has 3 unspecified atom stereocenters. The molecule has 138 valence electrons. The van der Waals surface area contributed by atoms with E-state index >= 15 is 0 Å². The number of carboxylic acid groups (broad SMARTS) is 1. The van der Waals surface area contributed by atoms with E-state index in [0.717, 1.165) is 0 Å². The molecule has 1 aliphatic carbocycles. The number of hydrogen-bond donors (Lipinski definition) is 3. The average molecular weight is 352 g/mol. The zero-order valence-electron chi connectivity index (χ0n) is 14.8. The van der Waals surface area contributed by atoms with E-state index < -0.39 is 34.8 Å². The highest BCUT2D eigenvalue weighted by molar-refractivity contribution is 5.98. The summed E-state index contributed by atoms with van der Waals surface area (Å²) >= 11 is 0. The van der Waals surface area contributed by atoms with Crippen LogP contribution in [0.5, 0.6) is 0 Å². The lowest BCUT2D eigenvalue weighted by molar-refractivity contribution is -0.194. The van der Waals surface area contributed by atoms with Gasteiger partial charge in [-0.25, -0.2) is 4.79 Å². The largest absolute Gasteiger partial charge is 0.479 e. The van der Waals surface area contributed by atoms with Crippen molar-refractivity contribution in [2.75, 3.05) is 6.61 Å². The first-order valence-corrected chi connectivity index (χ1v) is 8.15. The summed E-state index contributed by atoms with van der Waals surface area (Å²) in [5, 5.41) is 14.8. The number of hydrogen-bond acceptors (Lipinski definition) is 5. The Labute approximate surface area is 145 Å². The summed E-state index contributed by atoms with van der Waals surface area (Å²) in [6.07, 6.45) is 2.53. The second kappa shape index (κ2) is 6.87. The fraction of sp³-hybridized carbons (Fsp3) is 0.588. The topological polar surface area (TPSA) is 118 Å². The quantitative estimate of drug-likeness (QED) is 0.678. The molecule has 0 aromatic carbocycles. The molecule has 8 nitrogen and oxygen atoms in total. The molecule has 3 atom stereocenters. The summed E-state index contributed by atoms with van der Waals surface area (Å²) in [6, 6.07) is 0.570. The molecule has 0 radical (unpaired) electrons. The first kappa shape index (κ1) is 19.0. The van der Waals surface area contributed by atoms with Crippen LogP contribution in [0.2, 0.25) is 0 Å². The van der Waals surface area contributed by atoms with Gasteiger partial charge in [0.1, 0.15) is 17.8 Å². The van der Waals surface area contributed by atoms with Gasteiger partial charge in [-0.3, -0.25) is 9.59 Å². The maximum absolute atomic E-state index is 12.5. The lowest BCUT2D eigenvalue weighted by atomic mass is 9.54. The number of rotatable bonds is 7. The van der Waals surface area contributed by atoms with Gasteiger partial charge in [0.05, 0.1) is 17.9 Å². The molecular formula is C17H24N2O6. The minimum Gasteiger partial charge on any atom is -0.479 e. The first-order valence-electron chi connectivity index (χ1n) is 8.15. The van der Waals surface area contributed by atoms with E-state index in [-0.39, 0.29) is 18.1 Å². The van der Waals surface area contributed by atoms with Gasteiger partial charge in [0, 0.05) is 18.4 Å². The van der Waals surface area contributed by atoms with Crippen molar-refractivity contribution >= 4 is 17.8 Å². The van der Waals surface area contributed by atoms with E-state index in [0.29, 0.717) is 6.61 Å². The van der Waals surface area contributed by atoms with Crippen molar-refractivity contribution in [3.05, 3.63) is 24.2 Å². The molecule has 1 aromatic rings. The summed E-state index contributed by atoms with van der Waals surface area (Å²) in [6.45, 7) is 7.30. The monoisotopic (exact) mass is 352 g/mol. The van der Waals surface area contributed by atoms with Gasteiger partial charge in [0.2, 0.25) is 5.91 Å². The van der Waals surface area contributed by atoms with Gasteiger partial charge in [0.15, 0.2) is 0 Å². The van der Waals surface area contributed by atoms with Crippen molar-refractivity contribution in [2.24, 2.45) is 5.41 Å². The number of furan rings is 1. The van der Waals surface area contributed by atoms with Crippen LogP contribution < -0.4 is 10.6 Å². The maximum atomic E-state index is 12.5. The number of carbonyl (C=O) groups excluding carboxylic acids is 2. The van der Waals surface area contributed by atoms with Crippen LogP contribution in [-0.2, 0) is 14.3 Å². The zero-order valence-corrected chi connectivity index (χ0v) is 14.8. The molecule has 2 amide bonds. The third-order valence-electron chi connectivity index (χ3n) is 4.99. The van der Waals surface area contributed by atoms with E-state index in [1.54, 1.807) is 13.8 Å². The van der Waals surface area contributed by atoms with Crippen molar-refractivity contribution in [2.45, 2.75) is 51.8 Å². The molecule has 1 aromatic heterocycles. The van der Waals surface area contributed by atoms with Gasteiger partial charge in [0.25, 0.3) is 5.91 Å².